The summed E-state index contributed by atoms with van der Waals surface area (Å²) in [5.74, 6) is -0.845. The number of nitrogens with zero attached hydrogens (tertiary/aromatic N) is 1. The summed E-state index contributed by atoms with van der Waals surface area (Å²) in [4.78, 5) is 14.4. The summed E-state index contributed by atoms with van der Waals surface area (Å²) in [7, 11) is 0. The molecule has 1 atom stereocenters. The van der Waals surface area contributed by atoms with E-state index in [2.05, 4.69) is 10.3 Å². The van der Waals surface area contributed by atoms with Crippen molar-refractivity contribution < 1.29 is 19.1 Å². The molecule has 1 aromatic rings. The van der Waals surface area contributed by atoms with Gasteiger partial charge in [-0.2, -0.15) is 0 Å². The lowest BCUT2D eigenvalue weighted by Crippen LogP contribution is -2.25. The minimum atomic E-state index is -1.10. The molecule has 1 saturated heterocycles. The van der Waals surface area contributed by atoms with Gasteiger partial charge in [0.05, 0.1) is 18.8 Å². The highest BCUT2D eigenvalue weighted by Crippen LogP contribution is 2.10. The van der Waals surface area contributed by atoms with Gasteiger partial charge in [-0.15, -0.1) is 0 Å². The van der Waals surface area contributed by atoms with Gasteiger partial charge in [-0.1, -0.05) is 0 Å². The molecule has 2 heterocycles. The molecule has 88 valence electrons. The van der Waals surface area contributed by atoms with Gasteiger partial charge in [0, 0.05) is 13.2 Å². The van der Waals surface area contributed by atoms with Crippen molar-refractivity contribution in [1.29, 1.82) is 0 Å². The third kappa shape index (κ3) is 2.80. The van der Waals surface area contributed by atoms with Gasteiger partial charge in [0.1, 0.15) is 0 Å². The van der Waals surface area contributed by atoms with E-state index in [1.165, 1.54) is 6.20 Å². The molecule has 2 N–H and O–H groups in total. The van der Waals surface area contributed by atoms with Crippen LogP contribution >= 0.6 is 0 Å². The molecule has 0 saturated carbocycles. The van der Waals surface area contributed by atoms with Crippen molar-refractivity contribution in [2.45, 2.75) is 25.5 Å². The van der Waals surface area contributed by atoms with Gasteiger partial charge in [-0.25, -0.2) is 9.78 Å². The fourth-order valence-electron chi connectivity index (χ4n) is 1.64. The number of rotatable bonds is 5. The molecule has 0 radical (unpaired) electrons. The van der Waals surface area contributed by atoms with E-state index in [1.807, 2.05) is 0 Å². The average Bonchev–Trinajstić information content (AvgIpc) is 2.87. The molecule has 1 aliphatic heterocycles. The van der Waals surface area contributed by atoms with Gasteiger partial charge in [-0.3, -0.25) is 0 Å². The van der Waals surface area contributed by atoms with Crippen LogP contribution in [0, 0.1) is 0 Å². The van der Waals surface area contributed by atoms with E-state index in [-0.39, 0.29) is 11.9 Å². The Kier molecular flexibility index (Phi) is 3.53. The smallest absolute Gasteiger partial charge is 0.373 e. The topological polar surface area (TPSA) is 84.6 Å². The fraction of sp³-hybridized carbons (Fsp3) is 0.600. The second-order valence-electron chi connectivity index (χ2n) is 3.69. The summed E-state index contributed by atoms with van der Waals surface area (Å²) in [5, 5.41) is 11.7. The van der Waals surface area contributed by atoms with Crippen LogP contribution in [0.4, 0.5) is 0 Å². The number of hydrogen-bond acceptors (Lipinski definition) is 5. The average molecular weight is 226 g/mol. The Morgan fingerprint density at radius 1 is 1.69 bits per heavy atom. The van der Waals surface area contributed by atoms with E-state index < -0.39 is 5.97 Å². The maximum absolute atomic E-state index is 10.5. The van der Waals surface area contributed by atoms with Crippen molar-refractivity contribution in [1.82, 2.24) is 10.3 Å². The zero-order valence-electron chi connectivity index (χ0n) is 8.81. The number of carboxylic acids is 1. The van der Waals surface area contributed by atoms with Gasteiger partial charge in [-0.05, 0) is 12.8 Å². The van der Waals surface area contributed by atoms with Crippen LogP contribution in [0.2, 0.25) is 0 Å². The summed E-state index contributed by atoms with van der Waals surface area (Å²) in [6.07, 6.45) is 3.65. The minimum absolute atomic E-state index is 0.131. The van der Waals surface area contributed by atoms with Crippen molar-refractivity contribution >= 4 is 5.97 Å². The number of hydrogen-bond donors (Lipinski definition) is 2. The maximum atomic E-state index is 10.5. The van der Waals surface area contributed by atoms with Gasteiger partial charge in [0.2, 0.25) is 11.7 Å². The highest BCUT2D eigenvalue weighted by molar-refractivity contribution is 5.83. The molecule has 6 heteroatoms. The Morgan fingerprint density at radius 3 is 3.19 bits per heavy atom. The summed E-state index contributed by atoms with van der Waals surface area (Å²) in [6.45, 7) is 1.99. The van der Waals surface area contributed by atoms with E-state index in [0.717, 1.165) is 26.0 Å². The molecule has 6 nitrogen and oxygen atoms in total. The molecule has 2 rings (SSSR count). The number of aromatic nitrogens is 1. The van der Waals surface area contributed by atoms with Crippen LogP contribution in [0.5, 0.6) is 0 Å². The van der Waals surface area contributed by atoms with Crippen LogP contribution in [-0.2, 0) is 11.3 Å². The third-order valence-electron chi connectivity index (χ3n) is 2.44. The second-order valence-corrected chi connectivity index (χ2v) is 3.69. The Bertz CT molecular complexity index is 357. The van der Waals surface area contributed by atoms with Crippen molar-refractivity contribution in [3.8, 4) is 0 Å². The molecule has 0 spiro atoms. The molecule has 1 fully saturated rings. The lowest BCUT2D eigenvalue weighted by molar-refractivity contribution is 0.0659. The highest BCUT2D eigenvalue weighted by atomic mass is 16.5. The highest BCUT2D eigenvalue weighted by Gasteiger charge is 2.15. The first-order valence-electron chi connectivity index (χ1n) is 5.26. The number of nitrogens with one attached hydrogen (secondary N) is 1. The number of carboxylic acid groups (broad SMARTS) is 1. The number of ether oxygens (including phenoxy) is 1. The Balaban J connectivity index is 1.74. The molecular formula is C10H14N2O4. The van der Waals surface area contributed by atoms with Gasteiger partial charge >= 0.3 is 5.97 Å². The molecular weight excluding hydrogens is 212 g/mol. The molecule has 1 aliphatic rings. The zero-order chi connectivity index (χ0) is 11.4. The molecule has 16 heavy (non-hydrogen) atoms. The third-order valence-corrected chi connectivity index (χ3v) is 2.44. The van der Waals surface area contributed by atoms with Crippen LogP contribution in [0.15, 0.2) is 10.6 Å². The first-order chi connectivity index (χ1) is 7.75. The predicted molar refractivity (Wildman–Crippen MR) is 54.1 cm³/mol. The van der Waals surface area contributed by atoms with Crippen molar-refractivity contribution in [3.05, 3.63) is 17.8 Å². The molecule has 0 aromatic carbocycles. The Hall–Kier alpha value is -1.40. The summed E-state index contributed by atoms with van der Waals surface area (Å²) in [6, 6.07) is 0. The predicted octanol–water partition coefficient (Wildman–Crippen LogP) is 0.641. The molecule has 1 unspecified atom stereocenters. The van der Waals surface area contributed by atoms with Crippen LogP contribution in [0.1, 0.15) is 29.3 Å². The van der Waals surface area contributed by atoms with Gasteiger partial charge in [0.15, 0.2) is 0 Å². The number of oxazole rings is 1. The summed E-state index contributed by atoms with van der Waals surface area (Å²) >= 11 is 0. The van der Waals surface area contributed by atoms with E-state index >= 15 is 0 Å². The van der Waals surface area contributed by atoms with Crippen LogP contribution in [-0.4, -0.2) is 35.3 Å². The van der Waals surface area contributed by atoms with Gasteiger partial charge in [0.25, 0.3) is 0 Å². The second kappa shape index (κ2) is 5.09. The Labute approximate surface area is 92.6 Å². The van der Waals surface area contributed by atoms with Crippen molar-refractivity contribution in [2.75, 3.05) is 13.2 Å². The normalized spacial score (nSPS) is 20.1. The summed E-state index contributed by atoms with van der Waals surface area (Å²) < 4.78 is 10.4. The zero-order valence-corrected chi connectivity index (χ0v) is 8.81. The van der Waals surface area contributed by atoms with Crippen LogP contribution < -0.4 is 5.32 Å². The number of aromatic carboxylic acids is 1. The maximum Gasteiger partial charge on any atom is 0.373 e. The van der Waals surface area contributed by atoms with Crippen molar-refractivity contribution in [3.63, 3.8) is 0 Å². The fourth-order valence-corrected chi connectivity index (χ4v) is 1.64. The van der Waals surface area contributed by atoms with Crippen LogP contribution in [0.25, 0.3) is 0 Å². The largest absolute Gasteiger partial charge is 0.475 e. The van der Waals surface area contributed by atoms with Crippen molar-refractivity contribution in [2.24, 2.45) is 0 Å². The first-order valence-corrected chi connectivity index (χ1v) is 5.26. The SMILES string of the molecule is O=C(O)c1cnc(CNCC2CCCO2)o1. The molecule has 1 aromatic heterocycles. The van der Waals surface area contributed by atoms with Gasteiger partial charge < -0.3 is 19.6 Å². The summed E-state index contributed by atoms with van der Waals surface area (Å²) in [5.41, 5.74) is 0. The standard InChI is InChI=1S/C10H14N2O4/c13-10(14)8-5-12-9(16-8)6-11-4-7-2-1-3-15-7/h5,7,11H,1-4,6H2,(H,13,14). The van der Waals surface area contributed by atoms with E-state index in [1.54, 1.807) is 0 Å². The Morgan fingerprint density at radius 2 is 2.56 bits per heavy atom. The molecule has 0 bridgehead atoms. The van der Waals surface area contributed by atoms with E-state index in [4.69, 9.17) is 14.3 Å². The van der Waals surface area contributed by atoms with Crippen LogP contribution in [0.3, 0.4) is 0 Å². The monoisotopic (exact) mass is 226 g/mol. The quantitative estimate of drug-likeness (QED) is 0.766. The lowest BCUT2D eigenvalue weighted by atomic mass is 10.2. The molecule has 0 amide bonds. The first kappa shape index (κ1) is 11.1. The minimum Gasteiger partial charge on any atom is -0.475 e. The molecule has 0 aliphatic carbocycles. The lowest BCUT2D eigenvalue weighted by Gasteiger charge is -2.08. The number of carbonyl (C=O) groups is 1. The van der Waals surface area contributed by atoms with E-state index in [0.29, 0.717) is 12.4 Å². The van der Waals surface area contributed by atoms with E-state index in [9.17, 15) is 4.79 Å².